The number of rotatable bonds is 5. The number of tetrazole rings is 1. The Labute approximate surface area is 186 Å². The van der Waals surface area contributed by atoms with Crippen molar-refractivity contribution in [2.75, 3.05) is 5.32 Å². The first-order chi connectivity index (χ1) is 15.7. The fraction of sp³-hybridized carbons (Fsp3) is 0.636. The highest BCUT2D eigenvalue weighted by molar-refractivity contribution is 6.12. The maximum absolute atomic E-state index is 6.04. The van der Waals surface area contributed by atoms with Gasteiger partial charge in [-0.25, -0.2) is 9.67 Å². The molecule has 2 N–H and O–H groups in total. The number of nitrogens with one attached hydrogen (secondary N) is 2. The summed E-state index contributed by atoms with van der Waals surface area (Å²) in [5.74, 6) is 1.03. The molecule has 0 atom stereocenters. The van der Waals surface area contributed by atoms with Crippen molar-refractivity contribution in [2.45, 2.75) is 89.3 Å². The van der Waals surface area contributed by atoms with Gasteiger partial charge in [0.1, 0.15) is 5.60 Å². The van der Waals surface area contributed by atoms with Gasteiger partial charge in [-0.3, -0.25) is 0 Å². The van der Waals surface area contributed by atoms with Crippen LogP contribution in [-0.2, 0) is 11.4 Å². The number of hydrogen-bond acceptors (Lipinski definition) is 8. The van der Waals surface area contributed by atoms with Crippen molar-refractivity contribution < 1.29 is 4.84 Å². The fourth-order valence-electron chi connectivity index (χ4n) is 5.63. The number of H-pyrrole nitrogens is 1. The number of anilines is 1. The van der Waals surface area contributed by atoms with E-state index >= 15 is 0 Å². The molecule has 168 valence electrons. The fourth-order valence-corrected chi connectivity index (χ4v) is 5.63. The standard InChI is InChI=1S/C22H29N9O/c1-3-31-21-16(12-23-31)19(25-15-7-5-4-6-8-15)18(13(2)24-21)17-11-22(32-28-17)9-14(10-22)20-26-29-30-27-20/h12,14-15H,3-11H2,1-2H3,(H,24,25)(H,26,27,29,30). The van der Waals surface area contributed by atoms with Crippen molar-refractivity contribution in [2.24, 2.45) is 5.16 Å². The van der Waals surface area contributed by atoms with Crippen molar-refractivity contribution in [1.82, 2.24) is 35.4 Å². The summed E-state index contributed by atoms with van der Waals surface area (Å²) in [7, 11) is 0. The molecule has 1 spiro atoms. The minimum absolute atomic E-state index is 0.266. The molecular formula is C22H29N9O. The van der Waals surface area contributed by atoms with E-state index in [1.54, 1.807) is 0 Å². The first-order valence-corrected chi connectivity index (χ1v) is 11.8. The molecule has 2 aliphatic carbocycles. The number of aromatic amines is 1. The minimum atomic E-state index is -0.266. The molecule has 3 aromatic rings. The number of hydrogen-bond donors (Lipinski definition) is 2. The predicted molar refractivity (Wildman–Crippen MR) is 120 cm³/mol. The molecule has 3 aliphatic rings. The quantitative estimate of drug-likeness (QED) is 0.630. The zero-order valence-electron chi connectivity index (χ0n) is 18.6. The Bertz CT molecular complexity index is 1150. The molecule has 2 saturated carbocycles. The van der Waals surface area contributed by atoms with Crippen LogP contribution in [0, 0.1) is 6.92 Å². The average Bonchev–Trinajstić information content (AvgIpc) is 3.53. The maximum atomic E-state index is 6.04. The maximum Gasteiger partial charge on any atom is 0.177 e. The van der Waals surface area contributed by atoms with E-state index < -0.39 is 0 Å². The highest BCUT2D eigenvalue weighted by Gasteiger charge is 2.53. The molecule has 6 rings (SSSR count). The Morgan fingerprint density at radius 3 is 2.84 bits per heavy atom. The van der Waals surface area contributed by atoms with E-state index in [1.165, 1.54) is 32.1 Å². The summed E-state index contributed by atoms with van der Waals surface area (Å²) in [6.45, 7) is 4.97. The average molecular weight is 436 g/mol. The second kappa shape index (κ2) is 7.53. The summed E-state index contributed by atoms with van der Waals surface area (Å²) < 4.78 is 1.97. The molecule has 4 heterocycles. The van der Waals surface area contributed by atoms with Crippen LogP contribution in [0.5, 0.6) is 0 Å². The van der Waals surface area contributed by atoms with Crippen molar-refractivity contribution in [3.05, 3.63) is 23.3 Å². The number of aromatic nitrogens is 7. The van der Waals surface area contributed by atoms with Gasteiger partial charge < -0.3 is 10.2 Å². The van der Waals surface area contributed by atoms with Crippen LogP contribution in [0.3, 0.4) is 0 Å². The largest absolute Gasteiger partial charge is 0.389 e. The van der Waals surface area contributed by atoms with Crippen molar-refractivity contribution in [3.8, 4) is 0 Å². The zero-order valence-corrected chi connectivity index (χ0v) is 18.6. The Morgan fingerprint density at radius 2 is 2.09 bits per heavy atom. The number of pyridine rings is 1. The van der Waals surface area contributed by atoms with Crippen LogP contribution in [0.25, 0.3) is 11.0 Å². The second-order valence-corrected chi connectivity index (χ2v) is 9.49. The van der Waals surface area contributed by atoms with E-state index in [2.05, 4.69) is 50.0 Å². The molecule has 0 aromatic carbocycles. The van der Waals surface area contributed by atoms with Crippen molar-refractivity contribution in [3.63, 3.8) is 0 Å². The van der Waals surface area contributed by atoms with E-state index in [0.29, 0.717) is 6.04 Å². The third kappa shape index (κ3) is 3.15. The molecule has 3 aromatic heterocycles. The van der Waals surface area contributed by atoms with E-state index in [1.807, 2.05) is 10.9 Å². The topological polar surface area (TPSA) is 119 Å². The van der Waals surface area contributed by atoms with E-state index in [4.69, 9.17) is 9.82 Å². The van der Waals surface area contributed by atoms with Crippen molar-refractivity contribution in [1.29, 1.82) is 0 Å². The van der Waals surface area contributed by atoms with Crippen molar-refractivity contribution >= 4 is 22.4 Å². The summed E-state index contributed by atoms with van der Waals surface area (Å²) >= 11 is 0. The molecule has 10 nitrogen and oxygen atoms in total. The number of aryl methyl sites for hydroxylation is 2. The summed E-state index contributed by atoms with van der Waals surface area (Å²) in [5, 5.41) is 28.6. The van der Waals surface area contributed by atoms with Crippen LogP contribution in [0.4, 0.5) is 5.69 Å². The molecule has 0 unspecified atom stereocenters. The van der Waals surface area contributed by atoms with Gasteiger partial charge >= 0.3 is 0 Å². The lowest BCUT2D eigenvalue weighted by molar-refractivity contribution is -0.0893. The molecule has 0 radical (unpaired) electrons. The van der Waals surface area contributed by atoms with Gasteiger partial charge in [0.15, 0.2) is 11.5 Å². The normalized spacial score (nSPS) is 25.7. The van der Waals surface area contributed by atoms with Gasteiger partial charge in [0.25, 0.3) is 0 Å². The summed E-state index contributed by atoms with van der Waals surface area (Å²) in [6, 6.07) is 0.473. The number of oxime groups is 1. The van der Waals surface area contributed by atoms with Gasteiger partial charge in [0, 0.05) is 43.3 Å². The molecule has 32 heavy (non-hydrogen) atoms. The summed E-state index contributed by atoms with van der Waals surface area (Å²) in [4.78, 5) is 11.0. The molecule has 0 saturated heterocycles. The zero-order chi connectivity index (χ0) is 21.7. The molecule has 2 fully saturated rings. The first kappa shape index (κ1) is 19.6. The molecular weight excluding hydrogens is 406 g/mol. The van der Waals surface area contributed by atoms with Gasteiger partial charge in [-0.1, -0.05) is 29.6 Å². The van der Waals surface area contributed by atoms with Crippen LogP contribution in [0.15, 0.2) is 11.4 Å². The lowest BCUT2D eigenvalue weighted by Gasteiger charge is -2.40. The predicted octanol–water partition coefficient (Wildman–Crippen LogP) is 3.46. The van der Waals surface area contributed by atoms with Crippen LogP contribution in [0.1, 0.15) is 81.3 Å². The highest BCUT2D eigenvalue weighted by Crippen LogP contribution is 2.51. The second-order valence-electron chi connectivity index (χ2n) is 9.49. The van der Waals surface area contributed by atoms with Crippen LogP contribution in [-0.4, -0.2) is 52.7 Å². The van der Waals surface area contributed by atoms with Gasteiger partial charge in [-0.15, -0.1) is 10.2 Å². The summed E-state index contributed by atoms with van der Waals surface area (Å²) in [6.07, 6.45) is 10.7. The molecule has 10 heteroatoms. The highest BCUT2D eigenvalue weighted by atomic mass is 16.7. The smallest absolute Gasteiger partial charge is 0.177 e. The van der Waals surface area contributed by atoms with E-state index in [-0.39, 0.29) is 11.5 Å². The monoisotopic (exact) mass is 435 g/mol. The summed E-state index contributed by atoms with van der Waals surface area (Å²) in [5.41, 5.74) is 4.82. The lowest BCUT2D eigenvalue weighted by atomic mass is 9.68. The molecule has 0 amide bonds. The SMILES string of the molecule is CCn1ncc2c(NC3CCCCC3)c(C3=NOC4(C3)CC(c3nn[nH]n3)C4)c(C)nc21. The van der Waals surface area contributed by atoms with Gasteiger partial charge in [-0.05, 0) is 26.7 Å². The third-order valence-corrected chi connectivity index (χ3v) is 7.31. The Hall–Kier alpha value is -3.04. The first-order valence-electron chi connectivity index (χ1n) is 11.8. The Balaban J connectivity index is 1.33. The van der Waals surface area contributed by atoms with Crippen LogP contribution in [0.2, 0.25) is 0 Å². The Morgan fingerprint density at radius 1 is 1.25 bits per heavy atom. The van der Waals surface area contributed by atoms with Crippen LogP contribution >= 0.6 is 0 Å². The Kier molecular flexibility index (Phi) is 4.62. The van der Waals surface area contributed by atoms with Gasteiger partial charge in [0.05, 0.1) is 28.7 Å². The minimum Gasteiger partial charge on any atom is -0.389 e. The molecule has 0 bridgehead atoms. The van der Waals surface area contributed by atoms with Crippen LogP contribution < -0.4 is 5.32 Å². The lowest BCUT2D eigenvalue weighted by Crippen LogP contribution is -2.43. The number of fused-ring (bicyclic) bond motifs is 1. The third-order valence-electron chi connectivity index (χ3n) is 7.31. The van der Waals surface area contributed by atoms with E-state index in [0.717, 1.165) is 65.3 Å². The van der Waals surface area contributed by atoms with Gasteiger partial charge in [0.2, 0.25) is 0 Å². The van der Waals surface area contributed by atoms with Gasteiger partial charge in [-0.2, -0.15) is 10.3 Å². The number of nitrogens with zero attached hydrogens (tertiary/aromatic N) is 7. The molecule has 1 aliphatic heterocycles. The van der Waals surface area contributed by atoms with E-state index in [9.17, 15) is 0 Å².